The summed E-state index contributed by atoms with van der Waals surface area (Å²) in [6.45, 7) is 4.38. The SMILES string of the molecule is Cc1ccc(S(=O)(=O)N2CC(O)CC2C(=O)OCC(=O)N2CCCCC2)cc1C. The summed E-state index contributed by atoms with van der Waals surface area (Å²) in [5.74, 6) is -1.08. The first-order valence-corrected chi connectivity index (χ1v) is 11.4. The van der Waals surface area contributed by atoms with Crippen LogP contribution in [0.15, 0.2) is 23.1 Å². The van der Waals surface area contributed by atoms with Gasteiger partial charge in [-0.1, -0.05) is 6.07 Å². The Kier molecular flexibility index (Phi) is 6.60. The number of aliphatic hydroxyl groups excluding tert-OH is 1. The second-order valence-corrected chi connectivity index (χ2v) is 9.67. The molecule has 0 aromatic heterocycles. The molecule has 1 aromatic carbocycles. The molecule has 3 rings (SSSR count). The Morgan fingerprint density at radius 2 is 1.83 bits per heavy atom. The van der Waals surface area contributed by atoms with Crippen LogP contribution in [0.5, 0.6) is 0 Å². The number of benzene rings is 1. The first-order valence-electron chi connectivity index (χ1n) is 9.91. The number of piperidine rings is 1. The zero-order chi connectivity index (χ0) is 21.2. The molecule has 8 nitrogen and oxygen atoms in total. The maximum absolute atomic E-state index is 13.1. The third kappa shape index (κ3) is 4.79. The van der Waals surface area contributed by atoms with Crippen LogP contribution in [0.2, 0.25) is 0 Å². The smallest absolute Gasteiger partial charge is 0.325 e. The van der Waals surface area contributed by atoms with Gasteiger partial charge >= 0.3 is 5.97 Å². The average molecular weight is 425 g/mol. The maximum Gasteiger partial charge on any atom is 0.325 e. The van der Waals surface area contributed by atoms with Crippen molar-refractivity contribution in [2.75, 3.05) is 26.2 Å². The second kappa shape index (κ2) is 8.81. The molecular formula is C20H28N2O6S. The summed E-state index contributed by atoms with van der Waals surface area (Å²) in [4.78, 5) is 26.5. The fourth-order valence-corrected chi connectivity index (χ4v) is 5.45. The molecule has 9 heteroatoms. The summed E-state index contributed by atoms with van der Waals surface area (Å²) >= 11 is 0. The Bertz CT molecular complexity index is 879. The lowest BCUT2D eigenvalue weighted by atomic mass is 10.1. The van der Waals surface area contributed by atoms with Gasteiger partial charge in [0.15, 0.2) is 6.61 Å². The van der Waals surface area contributed by atoms with Crippen molar-refractivity contribution in [1.29, 1.82) is 0 Å². The molecule has 2 atom stereocenters. The van der Waals surface area contributed by atoms with Crippen LogP contribution in [0.1, 0.15) is 36.8 Å². The third-order valence-corrected chi connectivity index (χ3v) is 7.51. The number of β-amino-alcohol motifs (C(OH)–C–C–N with tert-alkyl or cyclic N) is 1. The number of carbonyl (C=O) groups excluding carboxylic acids is 2. The minimum atomic E-state index is -3.99. The number of carbonyl (C=O) groups is 2. The van der Waals surface area contributed by atoms with Gasteiger partial charge in [-0.15, -0.1) is 0 Å². The van der Waals surface area contributed by atoms with Crippen LogP contribution in [-0.4, -0.2) is 73.0 Å². The molecule has 1 N–H and O–H groups in total. The predicted molar refractivity (Wildman–Crippen MR) is 106 cm³/mol. The van der Waals surface area contributed by atoms with Crippen molar-refractivity contribution in [2.24, 2.45) is 0 Å². The summed E-state index contributed by atoms with van der Waals surface area (Å²) in [6, 6.07) is 3.60. The molecular weight excluding hydrogens is 396 g/mol. The third-order valence-electron chi connectivity index (χ3n) is 5.64. The fourth-order valence-electron chi connectivity index (χ4n) is 3.74. The Morgan fingerprint density at radius 3 is 2.48 bits per heavy atom. The number of ether oxygens (including phenoxy) is 1. The quantitative estimate of drug-likeness (QED) is 0.707. The summed E-state index contributed by atoms with van der Waals surface area (Å²) in [5, 5.41) is 10.0. The van der Waals surface area contributed by atoms with E-state index in [0.717, 1.165) is 34.7 Å². The highest BCUT2D eigenvalue weighted by atomic mass is 32.2. The number of nitrogens with zero attached hydrogens (tertiary/aromatic N) is 2. The summed E-state index contributed by atoms with van der Waals surface area (Å²) in [6.07, 6.45) is 1.91. The lowest BCUT2D eigenvalue weighted by molar-refractivity contribution is -0.155. The molecule has 2 aliphatic rings. The van der Waals surface area contributed by atoms with Crippen molar-refractivity contribution in [1.82, 2.24) is 9.21 Å². The zero-order valence-corrected chi connectivity index (χ0v) is 17.7. The van der Waals surface area contributed by atoms with Crippen LogP contribution in [-0.2, 0) is 24.3 Å². The molecule has 1 amide bonds. The first kappa shape index (κ1) is 21.7. The minimum absolute atomic E-state index is 0.0548. The van der Waals surface area contributed by atoms with Crippen molar-refractivity contribution in [3.63, 3.8) is 0 Å². The second-order valence-electron chi connectivity index (χ2n) is 7.78. The highest BCUT2D eigenvalue weighted by Crippen LogP contribution is 2.28. The number of aliphatic hydroxyl groups is 1. The van der Waals surface area contributed by atoms with E-state index in [1.807, 2.05) is 13.8 Å². The fraction of sp³-hybridized carbons (Fsp3) is 0.600. The van der Waals surface area contributed by atoms with Crippen molar-refractivity contribution in [2.45, 2.75) is 56.6 Å². The molecule has 29 heavy (non-hydrogen) atoms. The standard InChI is InChI=1S/C20H28N2O6S/c1-14-6-7-17(10-15(14)2)29(26,27)22-12-16(23)11-18(22)20(25)28-13-19(24)21-8-4-3-5-9-21/h6-7,10,16,18,23H,3-5,8-9,11-13H2,1-2H3. The van der Waals surface area contributed by atoms with Crippen molar-refractivity contribution in [3.8, 4) is 0 Å². The van der Waals surface area contributed by atoms with Gasteiger partial charge in [0.2, 0.25) is 10.0 Å². The van der Waals surface area contributed by atoms with Crippen LogP contribution in [0.4, 0.5) is 0 Å². The van der Waals surface area contributed by atoms with E-state index in [0.29, 0.717) is 13.1 Å². The largest absolute Gasteiger partial charge is 0.454 e. The average Bonchev–Trinajstić information content (AvgIpc) is 3.11. The molecule has 1 aromatic rings. The Hall–Kier alpha value is -1.97. The van der Waals surface area contributed by atoms with Gasteiger partial charge in [0.25, 0.3) is 5.91 Å². The monoisotopic (exact) mass is 424 g/mol. The van der Waals surface area contributed by atoms with E-state index in [2.05, 4.69) is 0 Å². The lowest BCUT2D eigenvalue weighted by Crippen LogP contribution is -2.43. The highest BCUT2D eigenvalue weighted by Gasteiger charge is 2.44. The summed E-state index contributed by atoms with van der Waals surface area (Å²) in [5.41, 5.74) is 1.77. The van der Waals surface area contributed by atoms with E-state index in [-0.39, 0.29) is 23.8 Å². The van der Waals surface area contributed by atoms with E-state index in [1.54, 1.807) is 17.0 Å². The Morgan fingerprint density at radius 1 is 1.14 bits per heavy atom. The Labute approximate surface area is 171 Å². The van der Waals surface area contributed by atoms with E-state index >= 15 is 0 Å². The zero-order valence-electron chi connectivity index (χ0n) is 16.8. The van der Waals surface area contributed by atoms with Gasteiger partial charge in [0, 0.05) is 26.1 Å². The van der Waals surface area contributed by atoms with Crippen molar-refractivity contribution >= 4 is 21.9 Å². The van der Waals surface area contributed by atoms with E-state index in [4.69, 9.17) is 4.74 Å². The van der Waals surface area contributed by atoms with Gasteiger partial charge in [-0.2, -0.15) is 4.31 Å². The summed E-state index contributed by atoms with van der Waals surface area (Å²) in [7, 11) is -3.99. The molecule has 2 unspecified atom stereocenters. The molecule has 0 saturated carbocycles. The van der Waals surface area contributed by atoms with Crippen molar-refractivity contribution < 1.29 is 27.9 Å². The topological polar surface area (TPSA) is 104 Å². The molecule has 0 radical (unpaired) electrons. The summed E-state index contributed by atoms with van der Waals surface area (Å²) < 4.78 is 32.3. The highest BCUT2D eigenvalue weighted by molar-refractivity contribution is 7.89. The number of hydrogen-bond donors (Lipinski definition) is 1. The number of aryl methyl sites for hydroxylation is 2. The number of rotatable bonds is 5. The number of esters is 1. The maximum atomic E-state index is 13.1. The van der Waals surface area contributed by atoms with Crippen molar-refractivity contribution in [3.05, 3.63) is 29.3 Å². The number of sulfonamides is 1. The molecule has 2 saturated heterocycles. The van der Waals surface area contributed by atoms with Gasteiger partial charge in [0.1, 0.15) is 6.04 Å². The van der Waals surface area contributed by atoms with Gasteiger partial charge in [0.05, 0.1) is 11.0 Å². The first-order chi connectivity index (χ1) is 13.7. The van der Waals surface area contributed by atoms with Gasteiger partial charge < -0.3 is 14.7 Å². The minimum Gasteiger partial charge on any atom is -0.454 e. The van der Waals surface area contributed by atoms with Crippen LogP contribution < -0.4 is 0 Å². The Balaban J connectivity index is 1.71. The van der Waals surface area contributed by atoms with Gasteiger partial charge in [-0.05, 0) is 56.4 Å². The number of hydrogen-bond acceptors (Lipinski definition) is 6. The lowest BCUT2D eigenvalue weighted by Gasteiger charge is -2.27. The number of amides is 1. The molecule has 160 valence electrons. The molecule has 0 spiro atoms. The van der Waals surface area contributed by atoms with Crippen LogP contribution in [0.25, 0.3) is 0 Å². The molecule has 0 bridgehead atoms. The predicted octanol–water partition coefficient (Wildman–Crippen LogP) is 0.983. The van der Waals surface area contributed by atoms with E-state index in [1.165, 1.54) is 6.07 Å². The molecule has 2 heterocycles. The van der Waals surface area contributed by atoms with Crippen LogP contribution in [0, 0.1) is 13.8 Å². The normalized spacial score (nSPS) is 23.2. The molecule has 2 fully saturated rings. The van der Waals surface area contributed by atoms with E-state index < -0.39 is 34.7 Å². The van der Waals surface area contributed by atoms with Gasteiger partial charge in [-0.25, -0.2) is 8.42 Å². The molecule has 2 aliphatic heterocycles. The van der Waals surface area contributed by atoms with Gasteiger partial charge in [-0.3, -0.25) is 9.59 Å². The number of likely N-dealkylation sites (tertiary alicyclic amines) is 1. The molecule has 0 aliphatic carbocycles. The van der Waals surface area contributed by atoms with Crippen LogP contribution in [0.3, 0.4) is 0 Å². The van der Waals surface area contributed by atoms with E-state index in [9.17, 15) is 23.1 Å². The van der Waals surface area contributed by atoms with Crippen LogP contribution >= 0.6 is 0 Å².